The SMILES string of the molecule is CNC(=O)c1cccc(NC(=O)/C=C/c2ccc(OC(F)F)cc2)c1C. The molecule has 0 atom stereocenters. The molecule has 2 N–H and O–H groups in total. The molecule has 0 bridgehead atoms. The van der Waals surface area contributed by atoms with Crippen LogP contribution in [-0.2, 0) is 4.79 Å². The van der Waals surface area contributed by atoms with Gasteiger partial charge in [0.1, 0.15) is 5.75 Å². The third-order valence-corrected chi connectivity index (χ3v) is 3.60. The number of hydrogen-bond donors (Lipinski definition) is 2. The summed E-state index contributed by atoms with van der Waals surface area (Å²) in [4.78, 5) is 23.9. The number of halogens is 2. The van der Waals surface area contributed by atoms with Crippen LogP contribution in [0.1, 0.15) is 21.5 Å². The Morgan fingerprint density at radius 3 is 2.42 bits per heavy atom. The Bertz CT molecular complexity index is 818. The highest BCUT2D eigenvalue weighted by Gasteiger charge is 2.11. The number of nitrogens with one attached hydrogen (secondary N) is 2. The molecule has 136 valence electrons. The van der Waals surface area contributed by atoms with Crippen LogP contribution in [-0.4, -0.2) is 25.5 Å². The minimum absolute atomic E-state index is 0.0447. The molecular weight excluding hydrogens is 342 g/mol. The number of alkyl halides is 2. The number of rotatable bonds is 6. The highest BCUT2D eigenvalue weighted by Crippen LogP contribution is 2.19. The maximum atomic E-state index is 12.1. The number of benzene rings is 2. The van der Waals surface area contributed by atoms with Gasteiger partial charge in [0.05, 0.1) is 0 Å². The molecule has 26 heavy (non-hydrogen) atoms. The zero-order valence-electron chi connectivity index (χ0n) is 14.3. The molecule has 0 saturated carbocycles. The van der Waals surface area contributed by atoms with Crippen LogP contribution < -0.4 is 15.4 Å². The molecule has 0 heterocycles. The lowest BCUT2D eigenvalue weighted by atomic mass is 10.1. The fraction of sp³-hybridized carbons (Fsp3) is 0.158. The van der Waals surface area contributed by atoms with Crippen molar-refractivity contribution in [2.45, 2.75) is 13.5 Å². The minimum Gasteiger partial charge on any atom is -0.435 e. The van der Waals surface area contributed by atoms with Crippen LogP contribution in [0.5, 0.6) is 5.75 Å². The van der Waals surface area contributed by atoms with Crippen LogP contribution in [0.25, 0.3) is 6.08 Å². The molecule has 0 saturated heterocycles. The lowest BCUT2D eigenvalue weighted by Gasteiger charge is -2.10. The lowest BCUT2D eigenvalue weighted by molar-refractivity contribution is -0.111. The highest BCUT2D eigenvalue weighted by atomic mass is 19.3. The Kier molecular flexibility index (Phi) is 6.43. The van der Waals surface area contributed by atoms with Gasteiger partial charge >= 0.3 is 6.61 Å². The standard InChI is InChI=1S/C19H18F2N2O3/c1-12-15(18(25)22-2)4-3-5-16(12)23-17(24)11-8-13-6-9-14(10-7-13)26-19(20)21/h3-11,19H,1-2H3,(H,22,25)(H,23,24)/b11-8+. The number of ether oxygens (including phenoxy) is 1. The van der Waals surface area contributed by atoms with E-state index in [2.05, 4.69) is 15.4 Å². The third-order valence-electron chi connectivity index (χ3n) is 3.60. The Labute approximate surface area is 149 Å². The van der Waals surface area contributed by atoms with Gasteiger partial charge in [-0.05, 0) is 48.4 Å². The van der Waals surface area contributed by atoms with Crippen LogP contribution in [0.2, 0.25) is 0 Å². The Morgan fingerprint density at radius 2 is 1.81 bits per heavy atom. The number of hydrogen-bond acceptors (Lipinski definition) is 3. The molecule has 0 spiro atoms. The molecule has 7 heteroatoms. The van der Waals surface area contributed by atoms with E-state index in [0.717, 1.165) is 0 Å². The summed E-state index contributed by atoms with van der Waals surface area (Å²) in [6, 6.07) is 10.9. The smallest absolute Gasteiger partial charge is 0.387 e. The number of carbonyl (C=O) groups is 2. The van der Waals surface area contributed by atoms with Crippen molar-refractivity contribution in [1.82, 2.24) is 5.32 Å². The first kappa shape index (κ1) is 19.1. The molecule has 0 aliphatic heterocycles. The average Bonchev–Trinajstić information content (AvgIpc) is 2.62. The minimum atomic E-state index is -2.88. The van der Waals surface area contributed by atoms with E-state index in [1.54, 1.807) is 43.3 Å². The quantitative estimate of drug-likeness (QED) is 0.774. The van der Waals surface area contributed by atoms with Crippen molar-refractivity contribution in [3.8, 4) is 5.75 Å². The van der Waals surface area contributed by atoms with Gasteiger partial charge in [0.25, 0.3) is 5.91 Å². The van der Waals surface area contributed by atoms with Gasteiger partial charge in [-0.2, -0.15) is 8.78 Å². The largest absolute Gasteiger partial charge is 0.435 e. The zero-order valence-corrected chi connectivity index (χ0v) is 14.3. The van der Waals surface area contributed by atoms with Gasteiger partial charge in [-0.1, -0.05) is 18.2 Å². The molecule has 0 aliphatic rings. The normalized spacial score (nSPS) is 10.8. The molecule has 2 aromatic rings. The number of amides is 2. The molecule has 0 radical (unpaired) electrons. The van der Waals surface area contributed by atoms with Crippen LogP contribution >= 0.6 is 0 Å². The monoisotopic (exact) mass is 360 g/mol. The van der Waals surface area contributed by atoms with E-state index in [1.165, 1.54) is 25.3 Å². The molecule has 0 unspecified atom stereocenters. The van der Waals surface area contributed by atoms with Crippen molar-refractivity contribution in [3.63, 3.8) is 0 Å². The number of carbonyl (C=O) groups excluding carboxylic acids is 2. The van der Waals surface area contributed by atoms with E-state index >= 15 is 0 Å². The fourth-order valence-electron chi connectivity index (χ4n) is 2.26. The molecule has 0 aromatic heterocycles. The van der Waals surface area contributed by atoms with Crippen molar-refractivity contribution in [1.29, 1.82) is 0 Å². The van der Waals surface area contributed by atoms with E-state index in [9.17, 15) is 18.4 Å². The van der Waals surface area contributed by atoms with Gasteiger partial charge in [-0.15, -0.1) is 0 Å². The summed E-state index contributed by atoms with van der Waals surface area (Å²) in [5, 5.41) is 5.25. The second-order valence-electron chi connectivity index (χ2n) is 5.33. The maximum Gasteiger partial charge on any atom is 0.387 e. The molecule has 2 amide bonds. The van der Waals surface area contributed by atoms with E-state index in [1.807, 2.05) is 0 Å². The van der Waals surface area contributed by atoms with Crippen molar-refractivity contribution in [2.24, 2.45) is 0 Å². The Morgan fingerprint density at radius 1 is 1.12 bits per heavy atom. The highest BCUT2D eigenvalue weighted by molar-refractivity contribution is 6.04. The topological polar surface area (TPSA) is 67.4 Å². The van der Waals surface area contributed by atoms with Gasteiger partial charge in [0.2, 0.25) is 5.91 Å². The van der Waals surface area contributed by atoms with E-state index < -0.39 is 6.61 Å². The van der Waals surface area contributed by atoms with Crippen LogP contribution in [0.3, 0.4) is 0 Å². The summed E-state index contributed by atoms with van der Waals surface area (Å²) in [5.41, 5.74) is 2.31. The zero-order chi connectivity index (χ0) is 19.1. The second-order valence-corrected chi connectivity index (χ2v) is 5.33. The second kappa shape index (κ2) is 8.75. The summed E-state index contributed by atoms with van der Waals surface area (Å²) in [7, 11) is 1.54. The van der Waals surface area contributed by atoms with Crippen molar-refractivity contribution in [2.75, 3.05) is 12.4 Å². The summed E-state index contributed by atoms with van der Waals surface area (Å²) in [6.45, 7) is -1.14. The summed E-state index contributed by atoms with van der Waals surface area (Å²) < 4.78 is 28.5. The number of anilines is 1. The van der Waals surface area contributed by atoms with Crippen molar-refractivity contribution < 1.29 is 23.1 Å². The molecule has 2 rings (SSSR count). The Hall–Kier alpha value is -3.22. The lowest BCUT2D eigenvalue weighted by Crippen LogP contribution is -2.20. The average molecular weight is 360 g/mol. The van der Waals surface area contributed by atoms with E-state index in [-0.39, 0.29) is 17.6 Å². The van der Waals surface area contributed by atoms with Crippen LogP contribution in [0, 0.1) is 6.92 Å². The van der Waals surface area contributed by atoms with Crippen molar-refractivity contribution in [3.05, 3.63) is 65.2 Å². The van der Waals surface area contributed by atoms with Gasteiger partial charge in [0.15, 0.2) is 0 Å². The predicted octanol–water partition coefficient (Wildman–Crippen LogP) is 3.61. The van der Waals surface area contributed by atoms with Gasteiger partial charge < -0.3 is 15.4 Å². The van der Waals surface area contributed by atoms with Crippen molar-refractivity contribution >= 4 is 23.6 Å². The molecule has 0 aliphatic carbocycles. The summed E-state index contributed by atoms with van der Waals surface area (Å²) in [6.07, 6.45) is 2.86. The molecule has 0 fully saturated rings. The molecule has 2 aromatic carbocycles. The molecule has 5 nitrogen and oxygen atoms in total. The fourth-order valence-corrected chi connectivity index (χ4v) is 2.26. The summed E-state index contributed by atoms with van der Waals surface area (Å²) >= 11 is 0. The first-order chi connectivity index (χ1) is 12.4. The first-order valence-electron chi connectivity index (χ1n) is 7.76. The maximum absolute atomic E-state index is 12.1. The summed E-state index contributed by atoms with van der Waals surface area (Å²) in [5.74, 6) is -0.571. The third kappa shape index (κ3) is 5.14. The predicted molar refractivity (Wildman–Crippen MR) is 95.3 cm³/mol. The van der Waals surface area contributed by atoms with Gasteiger partial charge in [0, 0.05) is 24.4 Å². The Balaban J connectivity index is 2.04. The van der Waals surface area contributed by atoms with Crippen LogP contribution in [0.4, 0.5) is 14.5 Å². The van der Waals surface area contributed by atoms with E-state index in [0.29, 0.717) is 22.4 Å². The van der Waals surface area contributed by atoms with E-state index in [4.69, 9.17) is 0 Å². The van der Waals surface area contributed by atoms with Gasteiger partial charge in [-0.25, -0.2) is 0 Å². The first-order valence-corrected chi connectivity index (χ1v) is 7.76. The van der Waals surface area contributed by atoms with Gasteiger partial charge in [-0.3, -0.25) is 9.59 Å². The van der Waals surface area contributed by atoms with Crippen LogP contribution in [0.15, 0.2) is 48.5 Å². The molecular formula is C19H18F2N2O3.